The molecule has 0 atom stereocenters. The third-order valence-corrected chi connectivity index (χ3v) is 11.4. The van der Waals surface area contributed by atoms with Crippen LogP contribution in [0.4, 0.5) is 17.1 Å². The molecule has 9 aromatic carbocycles. The van der Waals surface area contributed by atoms with Crippen molar-refractivity contribution in [3.63, 3.8) is 0 Å². The minimum absolute atomic E-state index is 1.11. The van der Waals surface area contributed by atoms with Crippen molar-refractivity contribution in [1.82, 2.24) is 0 Å². The van der Waals surface area contributed by atoms with Gasteiger partial charge in [-0.25, -0.2) is 0 Å². The fourth-order valence-electron chi connectivity index (χ4n) is 7.84. The molecule has 52 heavy (non-hydrogen) atoms. The molecular formula is C50H33NS. The summed E-state index contributed by atoms with van der Waals surface area (Å²) in [6, 6.07) is 73.0. The zero-order valence-electron chi connectivity index (χ0n) is 28.4. The van der Waals surface area contributed by atoms with E-state index in [1.54, 1.807) is 0 Å². The van der Waals surface area contributed by atoms with Gasteiger partial charge in [0, 0.05) is 31.4 Å². The van der Waals surface area contributed by atoms with E-state index >= 15 is 0 Å². The van der Waals surface area contributed by atoms with Crippen molar-refractivity contribution >= 4 is 70.1 Å². The second-order valence-corrected chi connectivity index (χ2v) is 14.4. The predicted molar refractivity (Wildman–Crippen MR) is 225 cm³/mol. The Hall–Kier alpha value is -6.48. The summed E-state index contributed by atoms with van der Waals surface area (Å²) in [6.07, 6.45) is 0. The molecule has 2 heteroatoms. The van der Waals surface area contributed by atoms with Crippen LogP contribution in [0.1, 0.15) is 0 Å². The molecule has 1 aromatic heterocycles. The SMILES string of the molecule is c1ccc(-c2cccc3cccc(-c4ccccc4N(c4ccc(-c5ccc6ccccc6c5)cc4)c4cccc5sc6ccccc6c45)c23)cc1. The van der Waals surface area contributed by atoms with E-state index in [-0.39, 0.29) is 0 Å². The van der Waals surface area contributed by atoms with Gasteiger partial charge in [-0.05, 0) is 91.8 Å². The highest BCUT2D eigenvalue weighted by Crippen LogP contribution is 2.48. The number of rotatable bonds is 6. The quantitative estimate of drug-likeness (QED) is 0.169. The zero-order chi connectivity index (χ0) is 34.4. The molecular weight excluding hydrogens is 647 g/mol. The number of benzene rings is 9. The smallest absolute Gasteiger partial charge is 0.0555 e. The summed E-state index contributed by atoms with van der Waals surface area (Å²) < 4.78 is 2.58. The number of hydrogen-bond acceptors (Lipinski definition) is 2. The summed E-state index contributed by atoms with van der Waals surface area (Å²) in [5.74, 6) is 0. The van der Waals surface area contributed by atoms with Gasteiger partial charge in [0.1, 0.15) is 0 Å². The average molecular weight is 680 g/mol. The Morgan fingerprint density at radius 2 is 0.942 bits per heavy atom. The van der Waals surface area contributed by atoms with E-state index in [9.17, 15) is 0 Å². The highest BCUT2D eigenvalue weighted by atomic mass is 32.1. The molecule has 0 bridgehead atoms. The third kappa shape index (κ3) is 5.16. The first-order valence-electron chi connectivity index (χ1n) is 17.8. The van der Waals surface area contributed by atoms with E-state index in [2.05, 4.69) is 205 Å². The van der Waals surface area contributed by atoms with Gasteiger partial charge in [0.2, 0.25) is 0 Å². The molecule has 244 valence electrons. The lowest BCUT2D eigenvalue weighted by atomic mass is 9.90. The fraction of sp³-hybridized carbons (Fsp3) is 0. The van der Waals surface area contributed by atoms with Gasteiger partial charge in [0.05, 0.1) is 11.4 Å². The fourth-order valence-corrected chi connectivity index (χ4v) is 8.97. The Morgan fingerprint density at radius 1 is 0.327 bits per heavy atom. The van der Waals surface area contributed by atoms with Crippen LogP contribution in [0.5, 0.6) is 0 Å². The van der Waals surface area contributed by atoms with Gasteiger partial charge in [-0.15, -0.1) is 11.3 Å². The number of nitrogens with zero attached hydrogens (tertiary/aromatic N) is 1. The maximum absolute atomic E-state index is 2.48. The van der Waals surface area contributed by atoms with E-state index in [0.29, 0.717) is 0 Å². The molecule has 0 N–H and O–H groups in total. The minimum Gasteiger partial charge on any atom is -0.309 e. The predicted octanol–water partition coefficient (Wildman–Crippen LogP) is 14.8. The molecule has 0 saturated heterocycles. The first-order chi connectivity index (χ1) is 25.8. The van der Waals surface area contributed by atoms with Gasteiger partial charge >= 0.3 is 0 Å². The molecule has 10 rings (SSSR count). The van der Waals surface area contributed by atoms with E-state index in [1.165, 1.54) is 80.8 Å². The Morgan fingerprint density at radius 3 is 1.81 bits per heavy atom. The number of fused-ring (bicyclic) bond motifs is 5. The van der Waals surface area contributed by atoms with E-state index in [4.69, 9.17) is 0 Å². The molecule has 0 saturated carbocycles. The first-order valence-corrected chi connectivity index (χ1v) is 18.6. The van der Waals surface area contributed by atoms with Crippen LogP contribution in [0.25, 0.3) is 75.1 Å². The maximum atomic E-state index is 2.48. The zero-order valence-corrected chi connectivity index (χ0v) is 29.2. The van der Waals surface area contributed by atoms with E-state index in [1.807, 2.05) is 11.3 Å². The second kappa shape index (κ2) is 12.7. The molecule has 0 aliphatic rings. The summed E-state index contributed by atoms with van der Waals surface area (Å²) in [6.45, 7) is 0. The van der Waals surface area contributed by atoms with Crippen molar-refractivity contribution in [2.45, 2.75) is 0 Å². The lowest BCUT2D eigenvalue weighted by Gasteiger charge is -2.29. The lowest BCUT2D eigenvalue weighted by Crippen LogP contribution is -2.11. The van der Waals surface area contributed by atoms with Crippen LogP contribution >= 0.6 is 11.3 Å². The summed E-state index contributed by atoms with van der Waals surface area (Å²) in [5.41, 5.74) is 10.7. The molecule has 1 heterocycles. The van der Waals surface area contributed by atoms with Gasteiger partial charge in [0.25, 0.3) is 0 Å². The number of hydrogen-bond donors (Lipinski definition) is 0. The third-order valence-electron chi connectivity index (χ3n) is 10.3. The molecule has 0 unspecified atom stereocenters. The maximum Gasteiger partial charge on any atom is 0.0555 e. The van der Waals surface area contributed by atoms with Crippen molar-refractivity contribution in [3.05, 3.63) is 200 Å². The van der Waals surface area contributed by atoms with Crippen molar-refractivity contribution in [1.29, 1.82) is 0 Å². The van der Waals surface area contributed by atoms with Crippen LogP contribution in [-0.2, 0) is 0 Å². The molecule has 0 aliphatic carbocycles. The van der Waals surface area contributed by atoms with Crippen LogP contribution in [0.15, 0.2) is 200 Å². The topological polar surface area (TPSA) is 3.24 Å². The van der Waals surface area contributed by atoms with Crippen molar-refractivity contribution in [2.24, 2.45) is 0 Å². The number of thiophene rings is 1. The van der Waals surface area contributed by atoms with Crippen LogP contribution < -0.4 is 4.90 Å². The second-order valence-electron chi connectivity index (χ2n) is 13.3. The van der Waals surface area contributed by atoms with Gasteiger partial charge < -0.3 is 4.90 Å². The minimum atomic E-state index is 1.11. The Kier molecular flexibility index (Phi) is 7.41. The summed E-state index contributed by atoms with van der Waals surface area (Å²) in [7, 11) is 0. The Balaban J connectivity index is 1.21. The van der Waals surface area contributed by atoms with Gasteiger partial charge in [0.15, 0.2) is 0 Å². The Labute approximate surface area is 307 Å². The highest BCUT2D eigenvalue weighted by Gasteiger charge is 2.22. The number of para-hydroxylation sites is 1. The van der Waals surface area contributed by atoms with E-state index < -0.39 is 0 Å². The van der Waals surface area contributed by atoms with Crippen LogP contribution in [-0.4, -0.2) is 0 Å². The average Bonchev–Trinajstić information content (AvgIpc) is 3.61. The molecule has 0 fully saturated rings. The van der Waals surface area contributed by atoms with Crippen LogP contribution in [0.3, 0.4) is 0 Å². The van der Waals surface area contributed by atoms with Crippen LogP contribution in [0.2, 0.25) is 0 Å². The standard InChI is InChI=1S/C50H33NS/c1-2-14-36(15-3-1)41-21-10-17-37-18-11-22-43(49(37)41)42-19-6-8-23-45(42)51(46-24-12-26-48-50(46)44-20-7-9-25-47(44)52-48)40-31-29-35(30-32-40)39-28-27-34-13-4-5-16-38(34)33-39/h1-33H. The lowest BCUT2D eigenvalue weighted by molar-refractivity contribution is 1.30. The normalized spacial score (nSPS) is 11.5. The first kappa shape index (κ1) is 30.4. The number of anilines is 3. The van der Waals surface area contributed by atoms with Gasteiger partial charge in [-0.3, -0.25) is 0 Å². The van der Waals surface area contributed by atoms with Crippen LogP contribution in [0, 0.1) is 0 Å². The van der Waals surface area contributed by atoms with Crippen molar-refractivity contribution in [2.75, 3.05) is 4.90 Å². The van der Waals surface area contributed by atoms with Crippen molar-refractivity contribution in [3.8, 4) is 33.4 Å². The molecule has 0 radical (unpaired) electrons. The van der Waals surface area contributed by atoms with Crippen molar-refractivity contribution < 1.29 is 0 Å². The van der Waals surface area contributed by atoms with Gasteiger partial charge in [-0.2, -0.15) is 0 Å². The van der Waals surface area contributed by atoms with E-state index in [0.717, 1.165) is 11.4 Å². The highest BCUT2D eigenvalue weighted by molar-refractivity contribution is 7.26. The summed E-state index contributed by atoms with van der Waals surface area (Å²) >= 11 is 1.86. The molecule has 0 spiro atoms. The summed E-state index contributed by atoms with van der Waals surface area (Å²) in [4.78, 5) is 2.48. The monoisotopic (exact) mass is 679 g/mol. The summed E-state index contributed by atoms with van der Waals surface area (Å²) in [5, 5.41) is 7.55. The largest absolute Gasteiger partial charge is 0.309 e. The molecule has 1 nitrogen and oxygen atoms in total. The Bertz CT molecular complexity index is 2900. The molecule has 0 amide bonds. The molecule has 0 aliphatic heterocycles. The van der Waals surface area contributed by atoms with Gasteiger partial charge in [-0.1, -0.05) is 158 Å². The molecule has 10 aromatic rings.